The van der Waals surface area contributed by atoms with Crippen molar-refractivity contribution >= 4 is 34.6 Å². The number of anilines is 1. The van der Waals surface area contributed by atoms with Crippen molar-refractivity contribution in [2.75, 3.05) is 5.32 Å². The van der Waals surface area contributed by atoms with Gasteiger partial charge in [-0.25, -0.2) is 0 Å². The van der Waals surface area contributed by atoms with Gasteiger partial charge in [0.05, 0.1) is 0 Å². The molecule has 1 aliphatic rings. The second-order valence-corrected chi connectivity index (χ2v) is 8.09. The van der Waals surface area contributed by atoms with Crippen LogP contribution in [0.3, 0.4) is 0 Å². The lowest BCUT2D eigenvalue weighted by molar-refractivity contribution is 0.362. The third-order valence-electron chi connectivity index (χ3n) is 5.36. The molecule has 2 nitrogen and oxygen atoms in total. The quantitative estimate of drug-likeness (QED) is 0.583. The van der Waals surface area contributed by atoms with Gasteiger partial charge in [0, 0.05) is 16.2 Å². The van der Waals surface area contributed by atoms with E-state index < -0.39 is 0 Å². The SMILES string of the molecule is CCc1ccc(NC(=S)NC2(CCc3ccc(Cl)cc3)CCCC2)cc1. The van der Waals surface area contributed by atoms with Gasteiger partial charge in [0.1, 0.15) is 0 Å². The Labute approximate surface area is 167 Å². The Kier molecular flexibility index (Phi) is 6.55. The minimum atomic E-state index is 0.104. The lowest BCUT2D eigenvalue weighted by atomic mass is 9.89. The fraction of sp³-hybridized carbons (Fsp3) is 0.409. The van der Waals surface area contributed by atoms with Crippen molar-refractivity contribution in [3.63, 3.8) is 0 Å². The largest absolute Gasteiger partial charge is 0.357 e. The molecule has 0 bridgehead atoms. The van der Waals surface area contributed by atoms with E-state index in [-0.39, 0.29) is 5.54 Å². The first-order valence-corrected chi connectivity index (χ1v) is 10.3. The molecule has 1 saturated carbocycles. The maximum atomic E-state index is 5.99. The van der Waals surface area contributed by atoms with Crippen molar-refractivity contribution in [2.24, 2.45) is 0 Å². The van der Waals surface area contributed by atoms with Crippen LogP contribution in [0, 0.1) is 0 Å². The summed E-state index contributed by atoms with van der Waals surface area (Å²) >= 11 is 11.6. The summed E-state index contributed by atoms with van der Waals surface area (Å²) < 4.78 is 0. The predicted molar refractivity (Wildman–Crippen MR) is 116 cm³/mol. The number of thiocarbonyl (C=S) groups is 1. The monoisotopic (exact) mass is 386 g/mol. The lowest BCUT2D eigenvalue weighted by Gasteiger charge is -2.32. The Bertz CT molecular complexity index is 719. The zero-order valence-electron chi connectivity index (χ0n) is 15.4. The van der Waals surface area contributed by atoms with E-state index in [2.05, 4.69) is 54.0 Å². The average Bonchev–Trinajstić information content (AvgIpc) is 3.10. The fourth-order valence-corrected chi connectivity index (χ4v) is 4.21. The van der Waals surface area contributed by atoms with Gasteiger partial charge < -0.3 is 10.6 Å². The highest BCUT2D eigenvalue weighted by molar-refractivity contribution is 7.80. The second-order valence-electron chi connectivity index (χ2n) is 7.24. The molecule has 1 fully saturated rings. The van der Waals surface area contributed by atoms with Crippen molar-refractivity contribution in [3.8, 4) is 0 Å². The third kappa shape index (κ3) is 5.21. The number of halogens is 1. The molecule has 0 atom stereocenters. The Morgan fingerprint density at radius 1 is 1.00 bits per heavy atom. The van der Waals surface area contributed by atoms with Crippen LogP contribution >= 0.6 is 23.8 Å². The van der Waals surface area contributed by atoms with Crippen LogP contribution in [-0.4, -0.2) is 10.7 Å². The van der Waals surface area contributed by atoms with E-state index in [9.17, 15) is 0 Å². The molecular weight excluding hydrogens is 360 g/mol. The first-order valence-electron chi connectivity index (χ1n) is 9.51. The van der Waals surface area contributed by atoms with Crippen molar-refractivity contribution in [3.05, 3.63) is 64.7 Å². The van der Waals surface area contributed by atoms with Crippen molar-refractivity contribution in [1.82, 2.24) is 5.32 Å². The Balaban J connectivity index is 1.59. The van der Waals surface area contributed by atoms with E-state index >= 15 is 0 Å². The van der Waals surface area contributed by atoms with Gasteiger partial charge in [-0.15, -0.1) is 0 Å². The van der Waals surface area contributed by atoms with Crippen LogP contribution in [0.4, 0.5) is 5.69 Å². The molecule has 1 aliphatic carbocycles. The van der Waals surface area contributed by atoms with Crippen LogP contribution in [0.15, 0.2) is 48.5 Å². The number of hydrogen-bond donors (Lipinski definition) is 2. The molecule has 0 unspecified atom stereocenters. The smallest absolute Gasteiger partial charge is 0.171 e. The van der Waals surface area contributed by atoms with Crippen molar-refractivity contribution in [1.29, 1.82) is 0 Å². The van der Waals surface area contributed by atoms with Crippen molar-refractivity contribution < 1.29 is 0 Å². The van der Waals surface area contributed by atoms with Gasteiger partial charge >= 0.3 is 0 Å². The number of rotatable bonds is 6. The highest BCUT2D eigenvalue weighted by Gasteiger charge is 2.34. The van der Waals surface area contributed by atoms with Crippen LogP contribution in [0.2, 0.25) is 5.02 Å². The third-order valence-corrected chi connectivity index (χ3v) is 5.82. The summed E-state index contributed by atoms with van der Waals surface area (Å²) in [6.07, 6.45) is 8.07. The van der Waals surface area contributed by atoms with E-state index in [1.807, 2.05) is 12.1 Å². The van der Waals surface area contributed by atoms with Crippen LogP contribution in [0.25, 0.3) is 0 Å². The molecule has 0 aromatic heterocycles. The molecule has 0 heterocycles. The number of hydrogen-bond acceptors (Lipinski definition) is 1. The molecule has 0 radical (unpaired) electrons. The second kappa shape index (κ2) is 8.88. The fourth-order valence-electron chi connectivity index (χ4n) is 3.75. The molecule has 2 aromatic carbocycles. The average molecular weight is 387 g/mol. The van der Waals surface area contributed by atoms with Gasteiger partial charge in [0.2, 0.25) is 0 Å². The summed E-state index contributed by atoms with van der Waals surface area (Å²) in [5.74, 6) is 0. The lowest BCUT2D eigenvalue weighted by Crippen LogP contribution is -2.48. The molecule has 0 amide bonds. The summed E-state index contributed by atoms with van der Waals surface area (Å²) in [5.41, 5.74) is 3.82. The van der Waals surface area contributed by atoms with E-state index in [1.165, 1.54) is 36.8 Å². The van der Waals surface area contributed by atoms with Crippen LogP contribution < -0.4 is 10.6 Å². The molecule has 3 rings (SSSR count). The van der Waals surface area contributed by atoms with E-state index in [4.69, 9.17) is 23.8 Å². The molecular formula is C22H27ClN2S. The Morgan fingerprint density at radius 3 is 2.23 bits per heavy atom. The van der Waals surface area contributed by atoms with Gasteiger partial charge in [-0.1, -0.05) is 55.6 Å². The number of nitrogens with one attached hydrogen (secondary N) is 2. The normalized spacial score (nSPS) is 15.6. The summed E-state index contributed by atoms with van der Waals surface area (Å²) in [6, 6.07) is 16.7. The topological polar surface area (TPSA) is 24.1 Å². The molecule has 26 heavy (non-hydrogen) atoms. The first-order chi connectivity index (χ1) is 12.6. The minimum absolute atomic E-state index is 0.104. The van der Waals surface area contributed by atoms with Gasteiger partial charge in [-0.2, -0.15) is 0 Å². The van der Waals surface area contributed by atoms with E-state index in [1.54, 1.807) is 0 Å². The van der Waals surface area contributed by atoms with E-state index in [0.717, 1.165) is 35.1 Å². The Morgan fingerprint density at radius 2 is 1.62 bits per heavy atom. The van der Waals surface area contributed by atoms with Gasteiger partial charge in [-0.3, -0.25) is 0 Å². The summed E-state index contributed by atoms with van der Waals surface area (Å²) in [4.78, 5) is 0. The highest BCUT2D eigenvalue weighted by Crippen LogP contribution is 2.34. The van der Waals surface area contributed by atoms with Gasteiger partial charge in [0.25, 0.3) is 0 Å². The minimum Gasteiger partial charge on any atom is -0.357 e. The van der Waals surface area contributed by atoms with Gasteiger partial charge in [-0.05, 0) is 79.7 Å². The Hall–Kier alpha value is -1.58. The molecule has 2 aromatic rings. The summed E-state index contributed by atoms with van der Waals surface area (Å²) in [6.45, 7) is 2.17. The molecule has 4 heteroatoms. The molecule has 138 valence electrons. The van der Waals surface area contributed by atoms with E-state index in [0.29, 0.717) is 0 Å². The number of benzene rings is 2. The standard InChI is InChI=1S/C22H27ClN2S/c1-2-17-7-11-20(12-8-17)24-21(26)25-22(14-3-4-15-22)16-13-18-5-9-19(23)10-6-18/h5-12H,2-4,13-16H2,1H3,(H2,24,25,26). The molecule has 2 N–H and O–H groups in total. The van der Waals surface area contributed by atoms with Crippen molar-refractivity contribution in [2.45, 2.75) is 57.4 Å². The first kappa shape index (κ1) is 19.2. The van der Waals surface area contributed by atoms with Gasteiger partial charge in [0.15, 0.2) is 5.11 Å². The van der Waals surface area contributed by atoms with Crippen LogP contribution in [0.1, 0.15) is 50.2 Å². The molecule has 0 saturated heterocycles. The van der Waals surface area contributed by atoms with Crippen LogP contribution in [-0.2, 0) is 12.8 Å². The molecule has 0 aliphatic heterocycles. The summed E-state index contributed by atoms with van der Waals surface area (Å²) in [7, 11) is 0. The predicted octanol–water partition coefficient (Wildman–Crippen LogP) is 6.13. The zero-order valence-corrected chi connectivity index (χ0v) is 16.9. The van der Waals surface area contributed by atoms with Crippen LogP contribution in [0.5, 0.6) is 0 Å². The maximum absolute atomic E-state index is 5.99. The summed E-state index contributed by atoms with van der Waals surface area (Å²) in [5, 5.41) is 8.52. The highest BCUT2D eigenvalue weighted by atomic mass is 35.5. The molecule has 0 spiro atoms. The number of aryl methyl sites for hydroxylation is 2. The maximum Gasteiger partial charge on any atom is 0.171 e. The zero-order chi connectivity index (χ0) is 18.4.